The van der Waals surface area contributed by atoms with Crippen molar-refractivity contribution >= 4 is 23.1 Å². The molecule has 25 heavy (non-hydrogen) atoms. The zero-order chi connectivity index (χ0) is 19.5. The van der Waals surface area contributed by atoms with Crippen LogP contribution in [0.15, 0.2) is 23.3 Å². The van der Waals surface area contributed by atoms with Crippen LogP contribution < -0.4 is 0 Å². The highest BCUT2D eigenvalue weighted by atomic mass is 16.3. The number of rotatable bonds is 7. The lowest BCUT2D eigenvalue weighted by Gasteiger charge is -2.25. The molecule has 5 heteroatoms. The van der Waals surface area contributed by atoms with Gasteiger partial charge in [-0.15, -0.1) is 0 Å². The molecule has 0 spiro atoms. The number of hydrogen-bond donors (Lipinski definition) is 1. The number of carbonyl (C=O) groups is 4. The van der Waals surface area contributed by atoms with Gasteiger partial charge in [0.25, 0.3) is 0 Å². The lowest BCUT2D eigenvalue weighted by Crippen LogP contribution is -2.49. The molecule has 1 rings (SSSR count). The van der Waals surface area contributed by atoms with Crippen LogP contribution in [-0.4, -0.2) is 33.8 Å². The third-order valence-electron chi connectivity index (χ3n) is 4.51. The predicted molar refractivity (Wildman–Crippen MR) is 94.9 cm³/mol. The molecular formula is C20H28O5. The average Bonchev–Trinajstić information content (AvgIpc) is 2.69. The summed E-state index contributed by atoms with van der Waals surface area (Å²) in [5, 5.41) is 11.0. The van der Waals surface area contributed by atoms with E-state index in [4.69, 9.17) is 0 Å². The first kappa shape index (κ1) is 21.2. The minimum absolute atomic E-state index is 0.0614. The number of carbonyl (C=O) groups excluding carboxylic acids is 4. The molecule has 0 heterocycles. The van der Waals surface area contributed by atoms with Gasteiger partial charge in [0.15, 0.2) is 28.7 Å². The van der Waals surface area contributed by atoms with Crippen molar-refractivity contribution in [3.8, 4) is 0 Å². The molecule has 3 unspecified atom stereocenters. The lowest BCUT2D eigenvalue weighted by molar-refractivity contribution is -0.153. The third kappa shape index (κ3) is 4.21. The number of Topliss-reactive ketones (excluding diaryl/α,β-unsaturated/α-hetero) is 4. The summed E-state index contributed by atoms with van der Waals surface area (Å²) in [6.45, 7) is 10.4. The molecule has 1 saturated carbocycles. The van der Waals surface area contributed by atoms with Crippen LogP contribution in [0.5, 0.6) is 0 Å². The van der Waals surface area contributed by atoms with Gasteiger partial charge in [-0.3, -0.25) is 19.2 Å². The van der Waals surface area contributed by atoms with Crippen molar-refractivity contribution in [3.63, 3.8) is 0 Å². The van der Waals surface area contributed by atoms with Gasteiger partial charge in [0, 0.05) is 12.3 Å². The monoisotopic (exact) mass is 348 g/mol. The second kappa shape index (κ2) is 8.00. The fourth-order valence-electron chi connectivity index (χ4n) is 2.96. The normalized spacial score (nSPS) is 25.9. The van der Waals surface area contributed by atoms with Gasteiger partial charge in [-0.25, -0.2) is 0 Å². The van der Waals surface area contributed by atoms with E-state index in [0.29, 0.717) is 0 Å². The highest BCUT2D eigenvalue weighted by Gasteiger charge is 2.64. The van der Waals surface area contributed by atoms with Crippen LogP contribution in [0.25, 0.3) is 0 Å². The molecule has 0 radical (unpaired) electrons. The van der Waals surface area contributed by atoms with Crippen molar-refractivity contribution in [2.45, 2.75) is 60.0 Å². The summed E-state index contributed by atoms with van der Waals surface area (Å²) in [4.78, 5) is 50.5. The minimum Gasteiger partial charge on any atom is -0.374 e. The van der Waals surface area contributed by atoms with Crippen LogP contribution in [0.1, 0.15) is 54.4 Å². The number of aliphatic hydroxyl groups is 1. The van der Waals surface area contributed by atoms with E-state index in [9.17, 15) is 24.3 Å². The Morgan fingerprint density at radius 2 is 1.60 bits per heavy atom. The molecule has 1 fully saturated rings. The van der Waals surface area contributed by atoms with E-state index in [0.717, 1.165) is 11.1 Å². The van der Waals surface area contributed by atoms with E-state index in [2.05, 4.69) is 0 Å². The van der Waals surface area contributed by atoms with E-state index in [1.807, 2.05) is 13.8 Å². The zero-order valence-corrected chi connectivity index (χ0v) is 15.9. The van der Waals surface area contributed by atoms with Gasteiger partial charge in [-0.1, -0.05) is 37.1 Å². The highest BCUT2D eigenvalue weighted by molar-refractivity contribution is 6.33. The molecule has 3 atom stereocenters. The van der Waals surface area contributed by atoms with Crippen LogP contribution in [0.4, 0.5) is 0 Å². The highest BCUT2D eigenvalue weighted by Crippen LogP contribution is 2.39. The SMILES string of the molecule is CC(C)=CCC(=O)C1(O)C(=O)C(C(=O)C(C)C)C(=O)C1CC=C(C)C. The molecule has 1 N–H and O–H groups in total. The Labute approximate surface area is 149 Å². The van der Waals surface area contributed by atoms with Crippen molar-refractivity contribution in [2.75, 3.05) is 0 Å². The Morgan fingerprint density at radius 1 is 1.08 bits per heavy atom. The molecule has 1 aliphatic rings. The van der Waals surface area contributed by atoms with E-state index in [1.165, 1.54) is 0 Å². The van der Waals surface area contributed by atoms with Crippen molar-refractivity contribution < 1.29 is 24.3 Å². The van der Waals surface area contributed by atoms with Crippen molar-refractivity contribution in [3.05, 3.63) is 23.3 Å². The number of allylic oxidation sites excluding steroid dienone is 4. The van der Waals surface area contributed by atoms with Gasteiger partial charge in [0.2, 0.25) is 0 Å². The Morgan fingerprint density at radius 3 is 2.04 bits per heavy atom. The maximum atomic E-state index is 12.8. The topological polar surface area (TPSA) is 88.5 Å². The fraction of sp³-hybridized carbons (Fsp3) is 0.600. The minimum atomic E-state index is -2.43. The third-order valence-corrected chi connectivity index (χ3v) is 4.51. The van der Waals surface area contributed by atoms with Crippen molar-refractivity contribution in [1.82, 2.24) is 0 Å². The number of hydrogen-bond acceptors (Lipinski definition) is 5. The van der Waals surface area contributed by atoms with Crippen molar-refractivity contribution in [1.29, 1.82) is 0 Å². The first-order valence-corrected chi connectivity index (χ1v) is 8.58. The molecule has 0 aromatic carbocycles. The molecule has 0 aliphatic heterocycles. The molecule has 138 valence electrons. The second-order valence-electron chi connectivity index (χ2n) is 7.50. The molecule has 1 aliphatic carbocycles. The summed E-state index contributed by atoms with van der Waals surface area (Å²) in [5.41, 5.74) is -0.660. The Bertz CT molecular complexity index is 645. The lowest BCUT2D eigenvalue weighted by atomic mass is 9.81. The van der Waals surface area contributed by atoms with Gasteiger partial charge in [-0.2, -0.15) is 0 Å². The Balaban J connectivity index is 3.37. The summed E-state index contributed by atoms with van der Waals surface area (Å²) >= 11 is 0. The van der Waals surface area contributed by atoms with Crippen LogP contribution >= 0.6 is 0 Å². The summed E-state index contributed by atoms with van der Waals surface area (Å²) in [5.74, 6) is -6.15. The molecule has 0 aromatic heterocycles. The second-order valence-corrected chi connectivity index (χ2v) is 7.50. The zero-order valence-electron chi connectivity index (χ0n) is 15.9. The molecule has 0 bridgehead atoms. The summed E-state index contributed by atoms with van der Waals surface area (Å²) in [7, 11) is 0. The average molecular weight is 348 g/mol. The fourth-order valence-corrected chi connectivity index (χ4v) is 2.96. The van der Waals surface area contributed by atoms with Gasteiger partial charge in [-0.05, 0) is 34.1 Å². The first-order valence-electron chi connectivity index (χ1n) is 8.58. The van der Waals surface area contributed by atoms with E-state index in [1.54, 1.807) is 39.8 Å². The molecular weight excluding hydrogens is 320 g/mol. The van der Waals surface area contributed by atoms with Gasteiger partial charge < -0.3 is 5.11 Å². The molecule has 0 aromatic rings. The Kier molecular flexibility index (Phi) is 6.77. The summed E-state index contributed by atoms with van der Waals surface area (Å²) in [6.07, 6.45) is 3.22. The van der Waals surface area contributed by atoms with Crippen LogP contribution in [0, 0.1) is 17.8 Å². The van der Waals surface area contributed by atoms with E-state index in [-0.39, 0.29) is 12.8 Å². The largest absolute Gasteiger partial charge is 0.374 e. The Hall–Kier alpha value is -1.88. The number of ketones is 4. The maximum absolute atomic E-state index is 12.8. The predicted octanol–water partition coefficient (Wildman–Crippen LogP) is 2.61. The van der Waals surface area contributed by atoms with Crippen LogP contribution in [0.3, 0.4) is 0 Å². The van der Waals surface area contributed by atoms with Crippen LogP contribution in [-0.2, 0) is 19.2 Å². The molecule has 5 nitrogen and oxygen atoms in total. The first-order chi connectivity index (χ1) is 11.4. The van der Waals surface area contributed by atoms with Gasteiger partial charge in [0.1, 0.15) is 5.92 Å². The smallest absolute Gasteiger partial charge is 0.192 e. The van der Waals surface area contributed by atoms with Gasteiger partial charge >= 0.3 is 0 Å². The van der Waals surface area contributed by atoms with Crippen LogP contribution in [0.2, 0.25) is 0 Å². The maximum Gasteiger partial charge on any atom is 0.192 e. The summed E-state index contributed by atoms with van der Waals surface area (Å²) < 4.78 is 0. The molecule has 0 saturated heterocycles. The molecule has 0 amide bonds. The quantitative estimate of drug-likeness (QED) is 0.564. The summed E-state index contributed by atoms with van der Waals surface area (Å²) in [6, 6.07) is 0. The van der Waals surface area contributed by atoms with Crippen molar-refractivity contribution in [2.24, 2.45) is 17.8 Å². The van der Waals surface area contributed by atoms with E-state index < -0.39 is 46.5 Å². The van der Waals surface area contributed by atoms with E-state index >= 15 is 0 Å². The van der Waals surface area contributed by atoms with Gasteiger partial charge in [0.05, 0.1) is 5.92 Å². The standard InChI is InChI=1S/C20H28O5/c1-11(2)7-9-14-18(23)16(17(22)13(5)6)19(24)20(14,25)15(21)10-8-12(3)4/h7-8,13-14,16,25H,9-10H2,1-6H3.